The molecule has 1 saturated heterocycles. The number of carbonyl (C=O) groups excluding carboxylic acids is 2. The number of anilines is 3. The van der Waals surface area contributed by atoms with Gasteiger partial charge in [0.05, 0.1) is 5.57 Å². The summed E-state index contributed by atoms with van der Waals surface area (Å²) in [6.45, 7) is 13.6. The number of ether oxygens (including phenoxy) is 1. The predicted molar refractivity (Wildman–Crippen MR) is 166 cm³/mol. The van der Waals surface area contributed by atoms with Gasteiger partial charge in [0.2, 0.25) is 11.8 Å². The summed E-state index contributed by atoms with van der Waals surface area (Å²) in [5.41, 5.74) is 10.6. The number of piperazine rings is 1. The highest BCUT2D eigenvalue weighted by Crippen LogP contribution is 2.31. The number of nitrogens with zero attached hydrogens (tertiary/aromatic N) is 3. The molecule has 2 amide bonds. The summed E-state index contributed by atoms with van der Waals surface area (Å²) in [6.07, 6.45) is 4.38. The summed E-state index contributed by atoms with van der Waals surface area (Å²) in [4.78, 5) is 34.0. The van der Waals surface area contributed by atoms with Crippen LogP contribution in [0.4, 0.5) is 17.1 Å². The monoisotopic (exact) mass is 556 g/mol. The third-order valence-electron chi connectivity index (χ3n) is 7.53. The Morgan fingerprint density at radius 1 is 1.15 bits per heavy atom. The van der Waals surface area contributed by atoms with Crippen LogP contribution < -0.4 is 26.0 Å². The molecule has 4 N–H and O–H groups in total. The van der Waals surface area contributed by atoms with E-state index in [-0.39, 0.29) is 11.8 Å². The molecule has 2 heterocycles. The average molecular weight is 557 g/mol. The Morgan fingerprint density at radius 2 is 1.85 bits per heavy atom. The number of aryl methyl sites for hydroxylation is 1. The minimum Gasteiger partial charge on any atom is -0.439 e. The highest BCUT2D eigenvalue weighted by molar-refractivity contribution is 6.25. The van der Waals surface area contributed by atoms with Crippen molar-refractivity contribution >= 4 is 34.7 Å². The van der Waals surface area contributed by atoms with Crippen molar-refractivity contribution in [1.29, 1.82) is 0 Å². The van der Waals surface area contributed by atoms with Crippen molar-refractivity contribution in [3.05, 3.63) is 83.8 Å². The molecule has 0 aromatic heterocycles. The molecule has 0 saturated carbocycles. The summed E-state index contributed by atoms with van der Waals surface area (Å²) >= 11 is 0. The summed E-state index contributed by atoms with van der Waals surface area (Å²) in [5.74, 6) is 0.424. The molecule has 9 nitrogen and oxygen atoms in total. The number of benzene rings is 2. The van der Waals surface area contributed by atoms with Gasteiger partial charge >= 0.3 is 0 Å². The summed E-state index contributed by atoms with van der Waals surface area (Å²) in [6, 6.07) is 13.6. The van der Waals surface area contributed by atoms with Gasteiger partial charge in [0.25, 0.3) is 5.91 Å². The number of carbonyl (C=O) groups is 2. The fourth-order valence-electron chi connectivity index (χ4n) is 4.93. The van der Waals surface area contributed by atoms with Gasteiger partial charge in [0.1, 0.15) is 11.6 Å². The molecule has 1 fully saturated rings. The minimum atomic E-state index is -0.568. The SMILES string of the molecule is C=CC(=O)Nc1cc(OC2=C(\CC)C(C)C/C=C(C(N)=O)/C(Nc3ccc(N4CCN(C)CC4)cc3)=N\2)ccc1C. The number of amidine groups is 1. The minimum absolute atomic E-state index is 0.0721. The van der Waals surface area contributed by atoms with E-state index >= 15 is 0 Å². The third-order valence-corrected chi connectivity index (χ3v) is 7.53. The summed E-state index contributed by atoms with van der Waals surface area (Å²) < 4.78 is 6.36. The molecule has 216 valence electrons. The number of primary amides is 1. The van der Waals surface area contributed by atoms with Gasteiger partial charge in [-0.15, -0.1) is 0 Å². The Labute approximate surface area is 242 Å². The number of hydrogen-bond donors (Lipinski definition) is 3. The molecule has 2 aromatic carbocycles. The van der Waals surface area contributed by atoms with E-state index in [1.165, 1.54) is 6.08 Å². The lowest BCUT2D eigenvalue weighted by Crippen LogP contribution is -2.44. The van der Waals surface area contributed by atoms with E-state index in [1.54, 1.807) is 6.07 Å². The van der Waals surface area contributed by atoms with Crippen molar-refractivity contribution in [1.82, 2.24) is 4.90 Å². The molecule has 2 aromatic rings. The maximum atomic E-state index is 12.6. The normalized spacial score (nSPS) is 22.3. The number of nitrogens with two attached hydrogens (primary N) is 1. The van der Waals surface area contributed by atoms with E-state index in [0.717, 1.165) is 48.7 Å². The largest absolute Gasteiger partial charge is 0.439 e. The predicted octanol–water partition coefficient (Wildman–Crippen LogP) is 4.83. The van der Waals surface area contributed by atoms with Crippen LogP contribution in [0.25, 0.3) is 0 Å². The van der Waals surface area contributed by atoms with Crippen LogP contribution in [0, 0.1) is 12.8 Å². The van der Waals surface area contributed by atoms with Gasteiger partial charge in [-0.05, 0) is 80.3 Å². The van der Waals surface area contributed by atoms with Gasteiger partial charge in [-0.3, -0.25) is 9.59 Å². The van der Waals surface area contributed by atoms with Gasteiger partial charge in [0.15, 0.2) is 0 Å². The molecule has 1 atom stereocenters. The molecule has 9 heteroatoms. The van der Waals surface area contributed by atoms with Gasteiger partial charge in [-0.25, -0.2) is 0 Å². The first-order valence-electron chi connectivity index (χ1n) is 14.0. The number of allylic oxidation sites excluding steroid dienone is 2. The highest BCUT2D eigenvalue weighted by atomic mass is 16.5. The van der Waals surface area contributed by atoms with Crippen LogP contribution in [0.15, 0.2) is 83.2 Å². The van der Waals surface area contributed by atoms with E-state index in [2.05, 4.69) is 60.0 Å². The van der Waals surface area contributed by atoms with Gasteiger partial charge in [-0.2, -0.15) is 4.99 Å². The Morgan fingerprint density at radius 3 is 2.49 bits per heavy atom. The average Bonchev–Trinajstić information content (AvgIpc) is 2.95. The zero-order valence-corrected chi connectivity index (χ0v) is 24.4. The molecule has 0 aliphatic carbocycles. The van der Waals surface area contributed by atoms with Gasteiger partial charge in [0, 0.05) is 49.3 Å². The van der Waals surface area contributed by atoms with E-state index in [4.69, 9.17) is 15.5 Å². The molecule has 2 aliphatic heterocycles. The van der Waals surface area contributed by atoms with E-state index in [1.807, 2.05) is 37.3 Å². The van der Waals surface area contributed by atoms with E-state index in [0.29, 0.717) is 41.6 Å². The number of likely N-dealkylation sites (N-methyl/N-ethyl adjacent to an activating group) is 1. The first-order valence-corrected chi connectivity index (χ1v) is 14.0. The van der Waals surface area contributed by atoms with Crippen LogP contribution in [-0.4, -0.2) is 55.8 Å². The first-order chi connectivity index (χ1) is 19.7. The van der Waals surface area contributed by atoms with Crippen molar-refractivity contribution in [2.75, 3.05) is 48.8 Å². The fourth-order valence-corrected chi connectivity index (χ4v) is 4.93. The molecule has 1 unspecified atom stereocenters. The molecule has 41 heavy (non-hydrogen) atoms. The van der Waals surface area contributed by atoms with Crippen molar-refractivity contribution in [2.45, 2.75) is 33.6 Å². The van der Waals surface area contributed by atoms with E-state index in [9.17, 15) is 9.59 Å². The standard InChI is InChI=1S/C32H40N6O3/c1-6-26-21(3)9-15-27(30(33)40)31(34-23-10-12-24(13-11-23)38-18-16-37(5)17-19-38)36-32(26)41-25-14-8-22(4)28(20-25)35-29(39)7-2/h7-8,10-15,20-21H,2,6,9,16-19H2,1,3-5H3,(H2,33,40)(H,34,36)(H,35,39)/b27-15+,32-26+. The summed E-state index contributed by atoms with van der Waals surface area (Å²) in [7, 11) is 2.14. The molecule has 4 rings (SSSR count). The number of hydrogen-bond acceptors (Lipinski definition) is 7. The van der Waals surface area contributed by atoms with Crippen molar-refractivity contribution in [3.8, 4) is 5.75 Å². The first kappa shape index (κ1) is 29.6. The Bertz CT molecular complexity index is 1380. The maximum Gasteiger partial charge on any atom is 0.252 e. The van der Waals surface area contributed by atoms with Crippen molar-refractivity contribution < 1.29 is 14.3 Å². The molecule has 0 radical (unpaired) electrons. The topological polar surface area (TPSA) is 112 Å². The quantitative estimate of drug-likeness (QED) is 0.402. The van der Waals surface area contributed by atoms with Crippen LogP contribution in [0.3, 0.4) is 0 Å². The second kappa shape index (κ2) is 13.3. The van der Waals surface area contributed by atoms with Gasteiger partial charge < -0.3 is 30.9 Å². The Balaban J connectivity index is 1.67. The molecule has 2 aliphatic rings. The van der Waals surface area contributed by atoms with Crippen molar-refractivity contribution in [2.24, 2.45) is 16.6 Å². The highest BCUT2D eigenvalue weighted by Gasteiger charge is 2.23. The zero-order chi connectivity index (χ0) is 29.5. The van der Waals surface area contributed by atoms with Crippen molar-refractivity contribution in [3.63, 3.8) is 0 Å². The molecule has 0 bridgehead atoms. The lowest BCUT2D eigenvalue weighted by atomic mass is 9.93. The van der Waals surface area contributed by atoms with Crippen LogP contribution >= 0.6 is 0 Å². The van der Waals surface area contributed by atoms with Gasteiger partial charge in [-0.1, -0.05) is 32.6 Å². The number of aliphatic imine (C=N–C) groups is 1. The second-order valence-electron chi connectivity index (χ2n) is 10.5. The molecule has 0 spiro atoms. The fraction of sp³-hybridized carbons (Fsp3) is 0.344. The third kappa shape index (κ3) is 7.43. The smallest absolute Gasteiger partial charge is 0.252 e. The van der Waals surface area contributed by atoms with Crippen LogP contribution in [0.5, 0.6) is 5.75 Å². The van der Waals surface area contributed by atoms with Crippen LogP contribution in [0.2, 0.25) is 0 Å². The lowest BCUT2D eigenvalue weighted by Gasteiger charge is -2.34. The van der Waals surface area contributed by atoms with E-state index < -0.39 is 5.91 Å². The zero-order valence-electron chi connectivity index (χ0n) is 24.4. The maximum absolute atomic E-state index is 12.6. The van der Waals surface area contributed by atoms with Crippen LogP contribution in [-0.2, 0) is 9.59 Å². The Kier molecular flexibility index (Phi) is 9.62. The molecular weight excluding hydrogens is 516 g/mol. The number of rotatable bonds is 8. The van der Waals surface area contributed by atoms with Crippen LogP contribution in [0.1, 0.15) is 32.3 Å². The number of amides is 2. The molecular formula is C32H40N6O3. The summed E-state index contributed by atoms with van der Waals surface area (Å²) in [5, 5.41) is 6.13. The number of nitrogens with one attached hydrogen (secondary N) is 2. The second-order valence-corrected chi connectivity index (χ2v) is 10.5. The lowest BCUT2D eigenvalue weighted by molar-refractivity contribution is -0.114. The Hall–Kier alpha value is -4.37.